The molecule has 0 saturated carbocycles. The normalized spacial score (nSPS) is 22.9. The van der Waals surface area contributed by atoms with Crippen LogP contribution < -0.4 is 19.5 Å². The second kappa shape index (κ2) is 6.63. The highest BCUT2D eigenvalue weighted by molar-refractivity contribution is 5.42. The van der Waals surface area contributed by atoms with Gasteiger partial charge in [0, 0.05) is 30.8 Å². The molecular formula is C14H21NO4. The molecule has 1 aromatic rings. The molecule has 5 nitrogen and oxygen atoms in total. The van der Waals surface area contributed by atoms with Crippen molar-refractivity contribution in [1.29, 1.82) is 0 Å². The van der Waals surface area contributed by atoms with E-state index in [1.165, 1.54) is 0 Å². The molecule has 1 aliphatic rings. The van der Waals surface area contributed by atoms with Crippen molar-refractivity contribution in [3.05, 3.63) is 18.2 Å². The summed E-state index contributed by atoms with van der Waals surface area (Å²) in [6.07, 6.45) is 0.943. The van der Waals surface area contributed by atoms with Crippen LogP contribution in [0.15, 0.2) is 18.2 Å². The maximum absolute atomic E-state index is 6.00. The van der Waals surface area contributed by atoms with E-state index in [1.807, 2.05) is 25.2 Å². The molecule has 0 aromatic heterocycles. The molecule has 0 aliphatic carbocycles. The third-order valence-corrected chi connectivity index (χ3v) is 3.29. The lowest BCUT2D eigenvalue weighted by atomic mass is 10.1. The van der Waals surface area contributed by atoms with Crippen molar-refractivity contribution in [3.63, 3.8) is 0 Å². The zero-order valence-electron chi connectivity index (χ0n) is 11.6. The second-order valence-corrected chi connectivity index (χ2v) is 4.46. The zero-order chi connectivity index (χ0) is 13.7. The highest BCUT2D eigenvalue weighted by Crippen LogP contribution is 2.29. The SMILES string of the molecule is CNC1CCOCC1Oc1cc(OC)cc(OC)c1. The van der Waals surface area contributed by atoms with Gasteiger partial charge in [0.2, 0.25) is 0 Å². The number of hydrogen-bond acceptors (Lipinski definition) is 5. The van der Waals surface area contributed by atoms with Crippen molar-refractivity contribution in [3.8, 4) is 17.2 Å². The Bertz CT molecular complexity index is 388. The van der Waals surface area contributed by atoms with Crippen LogP contribution in [-0.4, -0.2) is 46.6 Å². The van der Waals surface area contributed by atoms with Crippen LogP contribution in [0.2, 0.25) is 0 Å². The topological polar surface area (TPSA) is 49.0 Å². The number of ether oxygens (including phenoxy) is 4. The van der Waals surface area contributed by atoms with Crippen LogP contribution in [0.4, 0.5) is 0 Å². The van der Waals surface area contributed by atoms with E-state index in [0.717, 1.165) is 18.8 Å². The molecule has 1 N–H and O–H groups in total. The number of benzene rings is 1. The highest BCUT2D eigenvalue weighted by Gasteiger charge is 2.26. The van der Waals surface area contributed by atoms with Gasteiger partial charge in [0.15, 0.2) is 0 Å². The third kappa shape index (κ3) is 3.52. The lowest BCUT2D eigenvalue weighted by Gasteiger charge is -2.31. The number of methoxy groups -OCH3 is 2. The summed E-state index contributed by atoms with van der Waals surface area (Å²) in [4.78, 5) is 0. The number of hydrogen-bond donors (Lipinski definition) is 1. The molecule has 0 amide bonds. The minimum atomic E-state index is -0.00411. The van der Waals surface area contributed by atoms with E-state index >= 15 is 0 Å². The zero-order valence-corrected chi connectivity index (χ0v) is 11.6. The molecular weight excluding hydrogens is 246 g/mol. The molecule has 0 spiro atoms. The monoisotopic (exact) mass is 267 g/mol. The first kappa shape index (κ1) is 14.0. The van der Waals surface area contributed by atoms with E-state index in [-0.39, 0.29) is 6.10 Å². The third-order valence-electron chi connectivity index (χ3n) is 3.29. The van der Waals surface area contributed by atoms with E-state index in [9.17, 15) is 0 Å². The summed E-state index contributed by atoms with van der Waals surface area (Å²) in [6, 6.07) is 5.82. The molecule has 1 aromatic carbocycles. The molecule has 1 saturated heterocycles. The fraction of sp³-hybridized carbons (Fsp3) is 0.571. The molecule has 1 aliphatic heterocycles. The molecule has 2 rings (SSSR count). The van der Waals surface area contributed by atoms with Gasteiger partial charge in [-0.15, -0.1) is 0 Å². The molecule has 19 heavy (non-hydrogen) atoms. The van der Waals surface area contributed by atoms with Crippen molar-refractivity contribution in [2.45, 2.75) is 18.6 Å². The molecule has 0 radical (unpaired) electrons. The van der Waals surface area contributed by atoms with Crippen LogP contribution in [0.1, 0.15) is 6.42 Å². The molecule has 1 heterocycles. The van der Waals surface area contributed by atoms with E-state index in [2.05, 4.69) is 5.32 Å². The van der Waals surface area contributed by atoms with Gasteiger partial charge in [-0.05, 0) is 13.5 Å². The Morgan fingerprint density at radius 2 is 1.74 bits per heavy atom. The average Bonchev–Trinajstić information content (AvgIpc) is 2.47. The van der Waals surface area contributed by atoms with Crippen LogP contribution in [0.25, 0.3) is 0 Å². The van der Waals surface area contributed by atoms with Gasteiger partial charge in [0.25, 0.3) is 0 Å². The van der Waals surface area contributed by atoms with Crippen LogP contribution in [0.3, 0.4) is 0 Å². The summed E-state index contributed by atoms with van der Waals surface area (Å²) in [6.45, 7) is 1.36. The Balaban J connectivity index is 2.12. The molecule has 0 bridgehead atoms. The maximum Gasteiger partial charge on any atom is 0.137 e. The van der Waals surface area contributed by atoms with Crippen LogP contribution in [0, 0.1) is 0 Å². The molecule has 5 heteroatoms. The van der Waals surface area contributed by atoms with Crippen molar-refractivity contribution < 1.29 is 18.9 Å². The largest absolute Gasteiger partial charge is 0.496 e. The van der Waals surface area contributed by atoms with Gasteiger partial charge in [0.1, 0.15) is 23.4 Å². The van der Waals surface area contributed by atoms with Crippen molar-refractivity contribution in [1.82, 2.24) is 5.32 Å². The molecule has 106 valence electrons. The van der Waals surface area contributed by atoms with Crippen LogP contribution >= 0.6 is 0 Å². The van der Waals surface area contributed by atoms with E-state index in [4.69, 9.17) is 18.9 Å². The summed E-state index contributed by atoms with van der Waals surface area (Å²) in [7, 11) is 5.19. The maximum atomic E-state index is 6.00. The van der Waals surface area contributed by atoms with Crippen molar-refractivity contribution in [2.75, 3.05) is 34.5 Å². The predicted octanol–water partition coefficient (Wildman–Crippen LogP) is 1.46. The second-order valence-electron chi connectivity index (χ2n) is 4.46. The van der Waals surface area contributed by atoms with Crippen LogP contribution in [-0.2, 0) is 4.74 Å². The van der Waals surface area contributed by atoms with Gasteiger partial charge in [-0.3, -0.25) is 0 Å². The highest BCUT2D eigenvalue weighted by atomic mass is 16.5. The fourth-order valence-electron chi connectivity index (χ4n) is 2.18. The van der Waals surface area contributed by atoms with Crippen molar-refractivity contribution in [2.24, 2.45) is 0 Å². The number of nitrogens with one attached hydrogen (secondary N) is 1. The lowest BCUT2D eigenvalue weighted by molar-refractivity contribution is -0.0130. The Morgan fingerprint density at radius 3 is 2.32 bits per heavy atom. The van der Waals surface area contributed by atoms with E-state index < -0.39 is 0 Å². The Morgan fingerprint density at radius 1 is 1.11 bits per heavy atom. The molecule has 1 fully saturated rings. The standard InChI is InChI=1S/C14H21NO4/c1-15-13-4-5-18-9-14(13)19-12-7-10(16-2)6-11(8-12)17-3/h6-8,13-15H,4-5,9H2,1-3H3. The van der Waals surface area contributed by atoms with Crippen LogP contribution in [0.5, 0.6) is 17.2 Å². The Hall–Kier alpha value is -1.46. The van der Waals surface area contributed by atoms with Gasteiger partial charge in [-0.1, -0.05) is 0 Å². The quantitative estimate of drug-likeness (QED) is 0.875. The first-order valence-corrected chi connectivity index (χ1v) is 6.41. The minimum Gasteiger partial charge on any atom is -0.496 e. The first-order chi connectivity index (χ1) is 9.26. The van der Waals surface area contributed by atoms with Gasteiger partial charge >= 0.3 is 0 Å². The summed E-state index contributed by atoms with van der Waals surface area (Å²) in [5.41, 5.74) is 0. The van der Waals surface area contributed by atoms with Gasteiger partial charge in [0.05, 0.1) is 20.8 Å². The molecule has 2 atom stereocenters. The summed E-state index contributed by atoms with van der Waals surface area (Å²) < 4.78 is 21.9. The summed E-state index contributed by atoms with van der Waals surface area (Å²) in [5.74, 6) is 2.16. The summed E-state index contributed by atoms with van der Waals surface area (Å²) in [5, 5.41) is 3.26. The predicted molar refractivity (Wildman–Crippen MR) is 72.2 cm³/mol. The first-order valence-electron chi connectivity index (χ1n) is 6.41. The smallest absolute Gasteiger partial charge is 0.137 e. The Kier molecular flexibility index (Phi) is 4.87. The fourth-order valence-corrected chi connectivity index (χ4v) is 2.18. The lowest BCUT2D eigenvalue weighted by Crippen LogP contribution is -2.48. The number of rotatable bonds is 5. The van der Waals surface area contributed by atoms with E-state index in [0.29, 0.717) is 24.1 Å². The van der Waals surface area contributed by atoms with E-state index in [1.54, 1.807) is 14.2 Å². The van der Waals surface area contributed by atoms with Gasteiger partial charge < -0.3 is 24.3 Å². The molecule has 2 unspecified atom stereocenters. The average molecular weight is 267 g/mol. The minimum absolute atomic E-state index is 0.00411. The Labute approximate surface area is 113 Å². The van der Waals surface area contributed by atoms with Crippen molar-refractivity contribution >= 4 is 0 Å². The summed E-state index contributed by atoms with van der Waals surface area (Å²) >= 11 is 0. The van der Waals surface area contributed by atoms with Gasteiger partial charge in [-0.2, -0.15) is 0 Å². The number of likely N-dealkylation sites (N-methyl/N-ethyl adjacent to an activating group) is 1. The van der Waals surface area contributed by atoms with Gasteiger partial charge in [-0.25, -0.2) is 0 Å².